The number of carbonyl (C=O) groups excluding carboxylic acids is 3. The molecule has 0 aliphatic carbocycles. The van der Waals surface area contributed by atoms with E-state index in [2.05, 4.69) is 106 Å². The Labute approximate surface area is 388 Å². The van der Waals surface area contributed by atoms with Crippen LogP contribution in [0.3, 0.4) is 0 Å². The number of hydrogen-bond acceptors (Lipinski definition) is 6. The summed E-state index contributed by atoms with van der Waals surface area (Å²) in [5, 5.41) is 0. The van der Waals surface area contributed by atoms with Crippen molar-refractivity contribution in [3.63, 3.8) is 0 Å². The van der Waals surface area contributed by atoms with Crippen LogP contribution in [-0.4, -0.2) is 37.2 Å². The largest absolute Gasteiger partial charge is 0.462 e. The first-order valence-electron chi connectivity index (χ1n) is 26.1. The van der Waals surface area contributed by atoms with Crippen molar-refractivity contribution in [3.8, 4) is 0 Å². The molecule has 1 unspecified atom stereocenters. The molecule has 0 heterocycles. The smallest absolute Gasteiger partial charge is 0.306 e. The second kappa shape index (κ2) is 51.2. The fourth-order valence-electron chi connectivity index (χ4n) is 7.03. The maximum Gasteiger partial charge on any atom is 0.306 e. The van der Waals surface area contributed by atoms with Crippen LogP contribution in [0.5, 0.6) is 0 Å². The Balaban J connectivity index is 4.37. The highest BCUT2D eigenvalue weighted by molar-refractivity contribution is 5.71. The zero-order valence-corrected chi connectivity index (χ0v) is 41.1. The van der Waals surface area contributed by atoms with Gasteiger partial charge in [0.2, 0.25) is 0 Å². The van der Waals surface area contributed by atoms with Crippen LogP contribution in [0.15, 0.2) is 85.1 Å². The van der Waals surface area contributed by atoms with Gasteiger partial charge in [-0.2, -0.15) is 0 Å². The molecular formula is C57H96O6. The maximum absolute atomic E-state index is 12.8. The minimum Gasteiger partial charge on any atom is -0.462 e. The summed E-state index contributed by atoms with van der Waals surface area (Å²) in [5.74, 6) is -0.915. The van der Waals surface area contributed by atoms with Crippen molar-refractivity contribution in [2.24, 2.45) is 0 Å². The molecule has 0 aliphatic heterocycles. The van der Waals surface area contributed by atoms with Crippen LogP contribution in [0.25, 0.3) is 0 Å². The average Bonchev–Trinajstić information content (AvgIpc) is 3.28. The Kier molecular flexibility index (Phi) is 48.5. The molecule has 0 rings (SSSR count). The first-order chi connectivity index (χ1) is 31.0. The Hall–Kier alpha value is -3.41. The number of hydrogen-bond donors (Lipinski definition) is 0. The van der Waals surface area contributed by atoms with Gasteiger partial charge in [-0.3, -0.25) is 14.4 Å². The van der Waals surface area contributed by atoms with Gasteiger partial charge in [0, 0.05) is 19.3 Å². The minimum atomic E-state index is -0.788. The van der Waals surface area contributed by atoms with Crippen LogP contribution in [0.4, 0.5) is 0 Å². The summed E-state index contributed by atoms with van der Waals surface area (Å²) in [6.45, 7) is 6.34. The van der Waals surface area contributed by atoms with Gasteiger partial charge in [-0.15, -0.1) is 0 Å². The highest BCUT2D eigenvalue weighted by Gasteiger charge is 2.19. The van der Waals surface area contributed by atoms with Crippen molar-refractivity contribution < 1.29 is 28.6 Å². The van der Waals surface area contributed by atoms with Gasteiger partial charge >= 0.3 is 17.9 Å². The van der Waals surface area contributed by atoms with Crippen LogP contribution < -0.4 is 0 Å². The minimum absolute atomic E-state index is 0.0874. The summed E-state index contributed by atoms with van der Waals surface area (Å²) in [7, 11) is 0. The van der Waals surface area contributed by atoms with Crippen LogP contribution in [0, 0.1) is 0 Å². The highest BCUT2D eigenvalue weighted by atomic mass is 16.6. The topological polar surface area (TPSA) is 78.9 Å². The van der Waals surface area contributed by atoms with E-state index in [4.69, 9.17) is 14.2 Å². The highest BCUT2D eigenvalue weighted by Crippen LogP contribution is 2.15. The van der Waals surface area contributed by atoms with Crippen LogP contribution >= 0.6 is 0 Å². The molecule has 63 heavy (non-hydrogen) atoms. The van der Waals surface area contributed by atoms with Crippen LogP contribution in [0.2, 0.25) is 0 Å². The van der Waals surface area contributed by atoms with E-state index in [9.17, 15) is 14.4 Å². The van der Waals surface area contributed by atoms with E-state index in [1.165, 1.54) is 103 Å². The van der Waals surface area contributed by atoms with E-state index in [0.29, 0.717) is 19.3 Å². The molecule has 0 spiro atoms. The molecular weight excluding hydrogens is 781 g/mol. The molecule has 0 aromatic heterocycles. The molecule has 0 fully saturated rings. The third-order valence-electron chi connectivity index (χ3n) is 10.9. The molecule has 0 aromatic carbocycles. The molecule has 0 amide bonds. The van der Waals surface area contributed by atoms with Gasteiger partial charge in [0.1, 0.15) is 13.2 Å². The third kappa shape index (κ3) is 49.5. The Morgan fingerprint density at radius 3 is 1.16 bits per heavy atom. The van der Waals surface area contributed by atoms with Gasteiger partial charge < -0.3 is 14.2 Å². The molecule has 0 saturated heterocycles. The molecule has 0 aromatic rings. The zero-order valence-electron chi connectivity index (χ0n) is 41.1. The number of rotatable bonds is 46. The Morgan fingerprint density at radius 1 is 0.349 bits per heavy atom. The standard InChI is InChI=1S/C57H96O6/c1-4-7-10-13-16-19-22-24-26-27-28-29-31-32-35-38-41-44-47-50-56(59)62-53-54(52-61-55(58)49-46-43-40-37-34-21-18-15-12-9-6-3)63-57(60)51-48-45-42-39-36-33-30-25-23-20-17-14-11-8-5-2/h7-8,10-11,14-20,23-24,26,54H,4-6,9,12-13,21-22,25,27-53H2,1-3H3/b10-7-,11-8-,17-14-,18-15-,19-16-,23-20-,26-24-. The number of esters is 3. The number of ether oxygens (including phenoxy) is 3. The van der Waals surface area contributed by atoms with Gasteiger partial charge in [0.05, 0.1) is 0 Å². The van der Waals surface area contributed by atoms with E-state index in [1.807, 2.05) is 0 Å². The van der Waals surface area contributed by atoms with E-state index in [-0.39, 0.29) is 31.1 Å². The number of allylic oxidation sites excluding steroid dienone is 14. The molecule has 0 aliphatic rings. The second-order valence-electron chi connectivity index (χ2n) is 17.1. The van der Waals surface area contributed by atoms with Crippen molar-refractivity contribution in [2.45, 2.75) is 245 Å². The van der Waals surface area contributed by atoms with Gasteiger partial charge in [-0.05, 0) is 89.9 Å². The van der Waals surface area contributed by atoms with E-state index < -0.39 is 6.10 Å². The third-order valence-corrected chi connectivity index (χ3v) is 10.9. The van der Waals surface area contributed by atoms with Crippen molar-refractivity contribution in [3.05, 3.63) is 85.1 Å². The molecule has 6 heteroatoms. The molecule has 0 N–H and O–H groups in total. The summed E-state index contributed by atoms with van der Waals surface area (Å²) in [5.41, 5.74) is 0. The lowest BCUT2D eigenvalue weighted by atomic mass is 10.1. The van der Waals surface area contributed by atoms with E-state index in [0.717, 1.165) is 96.3 Å². The van der Waals surface area contributed by atoms with E-state index >= 15 is 0 Å². The molecule has 6 nitrogen and oxygen atoms in total. The van der Waals surface area contributed by atoms with Crippen molar-refractivity contribution in [1.82, 2.24) is 0 Å². The lowest BCUT2D eigenvalue weighted by Gasteiger charge is -2.18. The monoisotopic (exact) mass is 877 g/mol. The lowest BCUT2D eigenvalue weighted by Crippen LogP contribution is -2.30. The van der Waals surface area contributed by atoms with Crippen LogP contribution in [0.1, 0.15) is 239 Å². The van der Waals surface area contributed by atoms with Gasteiger partial charge in [0.15, 0.2) is 6.10 Å². The SMILES string of the molecule is CC\C=C/C=C\C=C/CCCCCCCCCC(=O)OC(COC(=O)CCCCCCC/C=C\CCCC)COC(=O)CCCCCCCCCCC/C=C\C/C=C\C/C=C\CC. The van der Waals surface area contributed by atoms with Gasteiger partial charge in [0.25, 0.3) is 0 Å². The van der Waals surface area contributed by atoms with Gasteiger partial charge in [-0.1, -0.05) is 215 Å². The fraction of sp³-hybridized carbons (Fsp3) is 0.702. The summed E-state index contributed by atoms with van der Waals surface area (Å²) >= 11 is 0. The first-order valence-corrected chi connectivity index (χ1v) is 26.1. The normalized spacial score (nSPS) is 12.7. The summed E-state index contributed by atoms with van der Waals surface area (Å²) in [4.78, 5) is 38.0. The van der Waals surface area contributed by atoms with Crippen molar-refractivity contribution >= 4 is 17.9 Å². The Morgan fingerprint density at radius 2 is 0.698 bits per heavy atom. The second-order valence-corrected chi connectivity index (χ2v) is 17.1. The molecule has 0 bridgehead atoms. The molecule has 360 valence electrons. The molecule has 0 saturated carbocycles. The van der Waals surface area contributed by atoms with E-state index in [1.54, 1.807) is 0 Å². The maximum atomic E-state index is 12.8. The van der Waals surface area contributed by atoms with Crippen molar-refractivity contribution in [1.29, 1.82) is 0 Å². The predicted molar refractivity (Wildman–Crippen MR) is 270 cm³/mol. The predicted octanol–water partition coefficient (Wildman–Crippen LogP) is 17.2. The summed E-state index contributed by atoms with van der Waals surface area (Å²) in [6.07, 6.45) is 65.7. The van der Waals surface area contributed by atoms with Crippen LogP contribution in [-0.2, 0) is 28.6 Å². The number of unbranched alkanes of at least 4 members (excludes halogenated alkanes) is 23. The fourth-order valence-corrected chi connectivity index (χ4v) is 7.03. The first kappa shape index (κ1) is 59.6. The lowest BCUT2D eigenvalue weighted by molar-refractivity contribution is -0.167. The van der Waals surface area contributed by atoms with Crippen molar-refractivity contribution in [2.75, 3.05) is 13.2 Å². The zero-order chi connectivity index (χ0) is 45.8. The Bertz CT molecular complexity index is 1240. The quantitative estimate of drug-likeness (QED) is 0.0199. The van der Waals surface area contributed by atoms with Gasteiger partial charge in [-0.25, -0.2) is 0 Å². The molecule has 0 radical (unpaired) electrons. The summed E-state index contributed by atoms with van der Waals surface area (Å²) in [6, 6.07) is 0. The summed E-state index contributed by atoms with van der Waals surface area (Å²) < 4.78 is 16.8. The molecule has 1 atom stereocenters. The average molecular weight is 877 g/mol. The number of carbonyl (C=O) groups is 3.